The van der Waals surface area contributed by atoms with Gasteiger partial charge >= 0.3 is 0 Å². The molecule has 0 radical (unpaired) electrons. The standard InChI is InChI=1S/C19H21NO2/c21-14-18(16-9-5-2-6-10-16)19(22)20(17-11-12-17)13-15-7-3-1-4-8-15/h1-10,17-18,21H,11-14H2. The number of hydrogen-bond acceptors (Lipinski definition) is 2. The maximum absolute atomic E-state index is 12.9. The topological polar surface area (TPSA) is 40.5 Å². The van der Waals surface area contributed by atoms with Crippen LogP contribution in [0.4, 0.5) is 0 Å². The SMILES string of the molecule is O=C(C(CO)c1ccccc1)N(Cc1ccccc1)C1CC1. The second-order valence-electron chi connectivity index (χ2n) is 5.83. The second kappa shape index (κ2) is 6.75. The normalized spacial score (nSPS) is 15.3. The molecular formula is C19H21NO2. The van der Waals surface area contributed by atoms with E-state index in [1.54, 1.807) is 0 Å². The third-order valence-corrected chi connectivity index (χ3v) is 4.15. The fourth-order valence-electron chi connectivity index (χ4n) is 2.76. The predicted octanol–water partition coefficient (Wildman–Crippen LogP) is 2.95. The van der Waals surface area contributed by atoms with Gasteiger partial charge in [-0.25, -0.2) is 0 Å². The molecule has 1 fully saturated rings. The van der Waals surface area contributed by atoms with Crippen molar-refractivity contribution in [2.24, 2.45) is 0 Å². The molecule has 3 nitrogen and oxygen atoms in total. The first-order valence-corrected chi connectivity index (χ1v) is 7.80. The summed E-state index contributed by atoms with van der Waals surface area (Å²) in [6.07, 6.45) is 2.12. The summed E-state index contributed by atoms with van der Waals surface area (Å²) >= 11 is 0. The van der Waals surface area contributed by atoms with Crippen molar-refractivity contribution in [3.63, 3.8) is 0 Å². The van der Waals surface area contributed by atoms with Gasteiger partial charge in [0.1, 0.15) is 0 Å². The van der Waals surface area contributed by atoms with Crippen LogP contribution in [0.15, 0.2) is 60.7 Å². The average molecular weight is 295 g/mol. The maximum Gasteiger partial charge on any atom is 0.233 e. The quantitative estimate of drug-likeness (QED) is 0.890. The largest absolute Gasteiger partial charge is 0.395 e. The molecule has 1 atom stereocenters. The Morgan fingerprint density at radius 1 is 1.05 bits per heavy atom. The van der Waals surface area contributed by atoms with Gasteiger partial charge in [-0.05, 0) is 24.0 Å². The van der Waals surface area contributed by atoms with E-state index in [0.717, 1.165) is 24.0 Å². The first-order chi connectivity index (χ1) is 10.8. The maximum atomic E-state index is 12.9. The first kappa shape index (κ1) is 14.8. The van der Waals surface area contributed by atoms with E-state index < -0.39 is 5.92 Å². The zero-order valence-corrected chi connectivity index (χ0v) is 12.6. The van der Waals surface area contributed by atoms with E-state index in [-0.39, 0.29) is 12.5 Å². The molecule has 2 aromatic rings. The molecule has 1 aliphatic rings. The monoisotopic (exact) mass is 295 g/mol. The van der Waals surface area contributed by atoms with Crippen LogP contribution in [0.3, 0.4) is 0 Å². The van der Waals surface area contributed by atoms with E-state index >= 15 is 0 Å². The molecule has 1 N–H and O–H groups in total. The number of hydrogen-bond donors (Lipinski definition) is 1. The Bertz CT molecular complexity index is 608. The molecule has 3 rings (SSSR count). The fraction of sp³-hybridized carbons (Fsp3) is 0.316. The van der Waals surface area contributed by atoms with Gasteiger partial charge in [-0.1, -0.05) is 60.7 Å². The minimum absolute atomic E-state index is 0.0278. The summed E-state index contributed by atoms with van der Waals surface area (Å²) in [5.41, 5.74) is 2.02. The van der Waals surface area contributed by atoms with E-state index in [1.165, 1.54) is 0 Å². The molecule has 22 heavy (non-hydrogen) atoms. The Balaban J connectivity index is 1.80. The van der Waals surface area contributed by atoms with Gasteiger partial charge in [-0.3, -0.25) is 4.79 Å². The fourth-order valence-corrected chi connectivity index (χ4v) is 2.76. The molecule has 0 bridgehead atoms. The lowest BCUT2D eigenvalue weighted by atomic mass is 9.98. The van der Waals surface area contributed by atoms with Gasteiger partial charge in [0.25, 0.3) is 0 Å². The van der Waals surface area contributed by atoms with E-state index in [1.807, 2.05) is 65.6 Å². The molecule has 1 saturated carbocycles. The molecule has 0 spiro atoms. The summed E-state index contributed by atoms with van der Waals surface area (Å²) in [4.78, 5) is 14.9. The van der Waals surface area contributed by atoms with Crippen molar-refractivity contribution in [3.8, 4) is 0 Å². The van der Waals surface area contributed by atoms with Gasteiger partial charge in [0.05, 0.1) is 12.5 Å². The van der Waals surface area contributed by atoms with Crippen molar-refractivity contribution in [2.45, 2.75) is 31.3 Å². The molecule has 0 heterocycles. The minimum atomic E-state index is -0.467. The lowest BCUT2D eigenvalue weighted by molar-refractivity contribution is -0.135. The van der Waals surface area contributed by atoms with Crippen LogP contribution in [0.1, 0.15) is 29.9 Å². The lowest BCUT2D eigenvalue weighted by Gasteiger charge is -2.27. The van der Waals surface area contributed by atoms with Crippen molar-refractivity contribution in [1.29, 1.82) is 0 Å². The highest BCUT2D eigenvalue weighted by atomic mass is 16.3. The first-order valence-electron chi connectivity index (χ1n) is 7.80. The van der Waals surface area contributed by atoms with Gasteiger partial charge in [0.2, 0.25) is 5.91 Å². The summed E-state index contributed by atoms with van der Waals surface area (Å²) in [5, 5.41) is 9.72. The Labute approximate surface area is 131 Å². The van der Waals surface area contributed by atoms with Crippen LogP contribution in [0.5, 0.6) is 0 Å². The third kappa shape index (κ3) is 3.37. The Kier molecular flexibility index (Phi) is 4.54. The highest BCUT2D eigenvalue weighted by molar-refractivity contribution is 5.84. The molecule has 0 aromatic heterocycles. The number of rotatable bonds is 6. The Morgan fingerprint density at radius 3 is 2.18 bits per heavy atom. The van der Waals surface area contributed by atoms with Gasteiger partial charge in [-0.2, -0.15) is 0 Å². The minimum Gasteiger partial charge on any atom is -0.395 e. The van der Waals surface area contributed by atoms with Gasteiger partial charge in [-0.15, -0.1) is 0 Å². The highest BCUT2D eigenvalue weighted by Crippen LogP contribution is 2.31. The van der Waals surface area contributed by atoms with Crippen LogP contribution in [-0.2, 0) is 11.3 Å². The number of aliphatic hydroxyl groups is 1. The molecule has 0 aliphatic heterocycles. The van der Waals surface area contributed by atoms with Crippen molar-refractivity contribution < 1.29 is 9.90 Å². The Morgan fingerprint density at radius 2 is 1.64 bits per heavy atom. The van der Waals surface area contributed by atoms with E-state index in [4.69, 9.17) is 0 Å². The van der Waals surface area contributed by atoms with Crippen LogP contribution >= 0.6 is 0 Å². The smallest absolute Gasteiger partial charge is 0.233 e. The van der Waals surface area contributed by atoms with Gasteiger partial charge in [0.15, 0.2) is 0 Å². The van der Waals surface area contributed by atoms with Gasteiger partial charge < -0.3 is 10.0 Å². The number of carbonyl (C=O) groups excluding carboxylic acids is 1. The molecule has 1 unspecified atom stereocenters. The second-order valence-corrected chi connectivity index (χ2v) is 5.83. The van der Waals surface area contributed by atoms with Crippen LogP contribution in [0.2, 0.25) is 0 Å². The highest BCUT2D eigenvalue weighted by Gasteiger charge is 2.36. The van der Waals surface area contributed by atoms with Crippen LogP contribution < -0.4 is 0 Å². The van der Waals surface area contributed by atoms with E-state index in [0.29, 0.717) is 12.6 Å². The summed E-state index contributed by atoms with van der Waals surface area (Å²) in [6, 6.07) is 19.9. The van der Waals surface area contributed by atoms with Crippen molar-refractivity contribution in [1.82, 2.24) is 4.90 Å². The summed E-state index contributed by atoms with van der Waals surface area (Å²) in [7, 11) is 0. The predicted molar refractivity (Wildman–Crippen MR) is 86.3 cm³/mol. The van der Waals surface area contributed by atoms with Crippen LogP contribution in [-0.4, -0.2) is 28.6 Å². The van der Waals surface area contributed by atoms with E-state index in [2.05, 4.69) is 0 Å². The number of amides is 1. The average Bonchev–Trinajstić information content (AvgIpc) is 3.40. The molecule has 114 valence electrons. The zero-order chi connectivity index (χ0) is 15.4. The van der Waals surface area contributed by atoms with E-state index in [9.17, 15) is 9.90 Å². The summed E-state index contributed by atoms with van der Waals surface area (Å²) < 4.78 is 0. The number of nitrogens with zero attached hydrogens (tertiary/aromatic N) is 1. The zero-order valence-electron chi connectivity index (χ0n) is 12.6. The third-order valence-electron chi connectivity index (χ3n) is 4.15. The summed E-state index contributed by atoms with van der Waals surface area (Å²) in [5.74, 6) is -0.439. The molecular weight excluding hydrogens is 274 g/mol. The Hall–Kier alpha value is -2.13. The van der Waals surface area contributed by atoms with Crippen LogP contribution in [0.25, 0.3) is 0 Å². The van der Waals surface area contributed by atoms with Crippen molar-refractivity contribution in [3.05, 3.63) is 71.8 Å². The molecule has 1 aliphatic carbocycles. The molecule has 1 amide bonds. The van der Waals surface area contributed by atoms with Crippen molar-refractivity contribution >= 4 is 5.91 Å². The van der Waals surface area contributed by atoms with Crippen molar-refractivity contribution in [2.75, 3.05) is 6.61 Å². The molecule has 0 saturated heterocycles. The molecule has 2 aromatic carbocycles. The van der Waals surface area contributed by atoms with Crippen LogP contribution in [0, 0.1) is 0 Å². The van der Waals surface area contributed by atoms with Gasteiger partial charge in [0, 0.05) is 12.6 Å². The number of carbonyl (C=O) groups is 1. The number of benzene rings is 2. The number of aliphatic hydroxyl groups excluding tert-OH is 1. The molecule has 3 heteroatoms. The summed E-state index contributed by atoms with van der Waals surface area (Å²) in [6.45, 7) is 0.467. The lowest BCUT2D eigenvalue weighted by Crippen LogP contribution is -2.37.